The summed E-state index contributed by atoms with van der Waals surface area (Å²) in [6.07, 6.45) is 12.7. The van der Waals surface area contributed by atoms with E-state index in [1.54, 1.807) is 17.0 Å². The van der Waals surface area contributed by atoms with Gasteiger partial charge in [-0.25, -0.2) is 19.3 Å². The van der Waals surface area contributed by atoms with E-state index < -0.39 is 6.04 Å². The van der Waals surface area contributed by atoms with Crippen LogP contribution in [-0.4, -0.2) is 110 Å². The molecule has 1 unspecified atom stereocenters. The summed E-state index contributed by atoms with van der Waals surface area (Å²) in [6, 6.07) is 11.2. The molecule has 6 heterocycles. The molecule has 2 amide bonds. The number of nitrogens with one attached hydrogen (secondary N) is 2. The van der Waals surface area contributed by atoms with Gasteiger partial charge < -0.3 is 23.8 Å². The number of fused-ring (bicyclic) bond motifs is 2. The SMILES string of the molecule is CC1(Oc2ccc3[nH]nc(-c4cc(N5CCN(CC6CCC(OC7CCN(c8ccc9c(ncn9C9CCC(=O)NC9=O)c8F)CC7)CC6)CC5)ncn4)c3c2)CC1. The van der Waals surface area contributed by atoms with Crippen molar-refractivity contribution in [3.63, 3.8) is 0 Å². The molecule has 304 valence electrons. The third-order valence-corrected chi connectivity index (χ3v) is 13.1. The van der Waals surface area contributed by atoms with E-state index in [9.17, 15) is 9.59 Å². The van der Waals surface area contributed by atoms with Gasteiger partial charge in [0.1, 0.15) is 40.7 Å². The van der Waals surface area contributed by atoms with Gasteiger partial charge in [0, 0.05) is 63.7 Å². The van der Waals surface area contributed by atoms with Gasteiger partial charge in [-0.3, -0.25) is 24.9 Å². The summed E-state index contributed by atoms with van der Waals surface area (Å²) in [5.74, 6) is 1.47. The number of carbonyl (C=O) groups is 2. The van der Waals surface area contributed by atoms with E-state index in [4.69, 9.17) is 9.47 Å². The Bertz CT molecular complexity index is 2320. The van der Waals surface area contributed by atoms with E-state index in [-0.39, 0.29) is 47.4 Å². The lowest BCUT2D eigenvalue weighted by molar-refractivity contribution is -0.135. The molecule has 2 aromatic carbocycles. The molecule has 0 spiro atoms. The van der Waals surface area contributed by atoms with E-state index in [1.165, 1.54) is 19.2 Å². The lowest BCUT2D eigenvalue weighted by atomic mass is 9.86. The number of imidazole rings is 1. The first kappa shape index (κ1) is 37.1. The van der Waals surface area contributed by atoms with Crippen LogP contribution in [0, 0.1) is 11.7 Å². The Labute approximate surface area is 336 Å². The molecule has 3 saturated heterocycles. The van der Waals surface area contributed by atoms with Crippen LogP contribution >= 0.6 is 0 Å². The molecule has 5 fully saturated rings. The first-order valence-corrected chi connectivity index (χ1v) is 21.1. The van der Waals surface area contributed by atoms with Crippen LogP contribution in [0.1, 0.15) is 77.2 Å². The molecular formula is C43H51FN10O4. The number of carbonyl (C=O) groups excluding carboxylic acids is 2. The smallest absolute Gasteiger partial charge is 0.249 e. The number of piperazine rings is 1. The van der Waals surface area contributed by atoms with Gasteiger partial charge in [0.2, 0.25) is 11.8 Å². The maximum atomic E-state index is 15.8. The lowest BCUT2D eigenvalue weighted by Gasteiger charge is -2.39. The van der Waals surface area contributed by atoms with Crippen LogP contribution in [0.15, 0.2) is 49.1 Å². The van der Waals surface area contributed by atoms with Crippen molar-refractivity contribution < 1.29 is 23.5 Å². The fraction of sp³-hybridized carbons (Fsp3) is 0.535. The van der Waals surface area contributed by atoms with Crippen LogP contribution in [0.2, 0.25) is 0 Å². The van der Waals surface area contributed by atoms with Gasteiger partial charge >= 0.3 is 0 Å². The van der Waals surface area contributed by atoms with Gasteiger partial charge in [-0.2, -0.15) is 5.10 Å². The molecule has 2 saturated carbocycles. The molecular weight excluding hydrogens is 740 g/mol. The second-order valence-corrected chi connectivity index (χ2v) is 17.2. The Hall–Kier alpha value is -5.15. The number of rotatable bonds is 10. The molecule has 5 aliphatic rings. The molecule has 5 aromatic rings. The molecule has 2 aliphatic carbocycles. The fourth-order valence-corrected chi connectivity index (χ4v) is 9.44. The van der Waals surface area contributed by atoms with E-state index in [0.29, 0.717) is 36.6 Å². The first-order valence-electron chi connectivity index (χ1n) is 21.1. The van der Waals surface area contributed by atoms with Crippen molar-refractivity contribution in [1.29, 1.82) is 0 Å². The van der Waals surface area contributed by atoms with E-state index in [0.717, 1.165) is 105 Å². The largest absolute Gasteiger partial charge is 0.488 e. The van der Waals surface area contributed by atoms with E-state index >= 15 is 4.39 Å². The molecule has 1 atom stereocenters. The summed E-state index contributed by atoms with van der Waals surface area (Å²) in [5, 5.41) is 11.2. The quantitative estimate of drug-likeness (QED) is 0.166. The van der Waals surface area contributed by atoms with Gasteiger partial charge in [-0.1, -0.05) is 0 Å². The molecule has 0 bridgehead atoms. The highest BCUT2D eigenvalue weighted by molar-refractivity contribution is 6.00. The van der Waals surface area contributed by atoms with Crippen LogP contribution in [0.25, 0.3) is 33.3 Å². The predicted molar refractivity (Wildman–Crippen MR) is 217 cm³/mol. The minimum atomic E-state index is -0.570. The zero-order valence-corrected chi connectivity index (χ0v) is 33.0. The number of anilines is 2. The fourth-order valence-electron chi connectivity index (χ4n) is 9.44. The van der Waals surface area contributed by atoms with Crippen molar-refractivity contribution in [2.75, 3.05) is 55.6 Å². The Morgan fingerprint density at radius 3 is 2.43 bits per heavy atom. The molecule has 15 heteroatoms. The minimum Gasteiger partial charge on any atom is -0.488 e. The van der Waals surface area contributed by atoms with Crippen LogP contribution < -0.4 is 19.9 Å². The van der Waals surface area contributed by atoms with E-state index in [2.05, 4.69) is 64.2 Å². The minimum absolute atomic E-state index is 0.0440. The van der Waals surface area contributed by atoms with Gasteiger partial charge in [0.25, 0.3) is 0 Å². The number of H-pyrrole nitrogens is 1. The van der Waals surface area contributed by atoms with Crippen LogP contribution in [-0.2, 0) is 14.3 Å². The van der Waals surface area contributed by atoms with Crippen molar-refractivity contribution in [3.05, 3.63) is 54.9 Å². The highest BCUT2D eigenvalue weighted by Crippen LogP contribution is 2.41. The van der Waals surface area contributed by atoms with Crippen LogP contribution in [0.3, 0.4) is 0 Å². The molecule has 14 nitrogen and oxygen atoms in total. The number of hydrogen-bond acceptors (Lipinski definition) is 11. The Kier molecular flexibility index (Phi) is 9.75. The van der Waals surface area contributed by atoms with Gasteiger partial charge in [0.15, 0.2) is 5.82 Å². The van der Waals surface area contributed by atoms with Crippen molar-refractivity contribution in [1.82, 2.24) is 39.9 Å². The average molecular weight is 791 g/mol. The molecule has 58 heavy (non-hydrogen) atoms. The summed E-state index contributed by atoms with van der Waals surface area (Å²) in [7, 11) is 0. The lowest BCUT2D eigenvalue weighted by Crippen LogP contribution is -2.48. The van der Waals surface area contributed by atoms with Gasteiger partial charge in [-0.05, 0) is 101 Å². The topological polar surface area (TPSA) is 147 Å². The number of nitrogens with zero attached hydrogens (tertiary/aromatic N) is 8. The predicted octanol–water partition coefficient (Wildman–Crippen LogP) is 5.78. The number of aromatic nitrogens is 6. The number of hydrogen-bond donors (Lipinski definition) is 2. The average Bonchev–Trinajstić information content (AvgIpc) is 3.58. The third kappa shape index (κ3) is 7.49. The second-order valence-electron chi connectivity index (χ2n) is 17.2. The number of imide groups is 1. The molecule has 2 N–H and O–H groups in total. The highest BCUT2D eigenvalue weighted by Gasteiger charge is 2.40. The van der Waals surface area contributed by atoms with Crippen molar-refractivity contribution in [3.8, 4) is 17.1 Å². The Morgan fingerprint density at radius 2 is 1.66 bits per heavy atom. The number of benzene rings is 2. The Morgan fingerprint density at radius 1 is 0.862 bits per heavy atom. The van der Waals surface area contributed by atoms with Crippen LogP contribution in [0.4, 0.5) is 15.9 Å². The standard InChI is InChI=1S/C43H51FN10O4/c1-43(14-15-43)58-30-6-7-32-31(22-30)40(50-49-32)33-23-37(46-25-45-33)53-20-18-51(19-21-53)24-27-2-4-28(5-3-27)57-29-12-16-52(17-13-29)34-8-9-35-41(39(34)44)47-26-54(35)36-10-11-38(55)48-42(36)56/h6-9,22-23,25-29,36H,2-5,10-21,24H2,1H3,(H,49,50)(H,48,55,56). The summed E-state index contributed by atoms with van der Waals surface area (Å²) >= 11 is 0. The zero-order valence-electron chi connectivity index (χ0n) is 33.0. The maximum Gasteiger partial charge on any atom is 0.249 e. The summed E-state index contributed by atoms with van der Waals surface area (Å²) in [6.45, 7) is 8.58. The summed E-state index contributed by atoms with van der Waals surface area (Å²) in [4.78, 5) is 44.7. The number of ether oxygens (including phenoxy) is 2. The van der Waals surface area contributed by atoms with Crippen molar-refractivity contribution >= 4 is 45.3 Å². The molecule has 0 radical (unpaired) electrons. The third-order valence-electron chi connectivity index (χ3n) is 13.1. The normalized spacial score (nSPS) is 24.4. The second kappa shape index (κ2) is 15.2. The zero-order chi connectivity index (χ0) is 39.4. The maximum absolute atomic E-state index is 15.8. The summed E-state index contributed by atoms with van der Waals surface area (Å²) < 4.78 is 30.4. The molecule has 3 aromatic heterocycles. The van der Waals surface area contributed by atoms with E-state index in [1.807, 2.05) is 18.2 Å². The Balaban J connectivity index is 0.673. The highest BCUT2D eigenvalue weighted by atomic mass is 19.1. The monoisotopic (exact) mass is 790 g/mol. The van der Waals surface area contributed by atoms with Crippen molar-refractivity contribution in [2.45, 2.75) is 95.0 Å². The van der Waals surface area contributed by atoms with Gasteiger partial charge in [-0.15, -0.1) is 0 Å². The summed E-state index contributed by atoms with van der Waals surface area (Å²) in [5.41, 5.74) is 3.89. The number of amides is 2. The van der Waals surface area contributed by atoms with Gasteiger partial charge in [0.05, 0.1) is 40.9 Å². The number of halogens is 1. The molecule has 3 aliphatic heterocycles. The van der Waals surface area contributed by atoms with Crippen LogP contribution in [0.5, 0.6) is 5.75 Å². The number of aromatic amines is 1. The molecule has 10 rings (SSSR count). The van der Waals surface area contributed by atoms with Crippen molar-refractivity contribution in [2.24, 2.45) is 5.92 Å². The first-order chi connectivity index (χ1) is 28.2. The number of piperidine rings is 2.